The summed E-state index contributed by atoms with van der Waals surface area (Å²) in [6.07, 6.45) is 3.19. The van der Waals surface area contributed by atoms with Crippen LogP contribution in [0.2, 0.25) is 0 Å². The van der Waals surface area contributed by atoms with E-state index in [1.165, 1.54) is 16.7 Å². The lowest BCUT2D eigenvalue weighted by molar-refractivity contribution is 0.625. The monoisotopic (exact) mass is 360 g/mol. The second-order valence-corrected chi connectivity index (χ2v) is 6.38. The molecule has 0 aliphatic rings. The van der Waals surface area contributed by atoms with E-state index in [9.17, 15) is 9.18 Å². The van der Waals surface area contributed by atoms with Crippen LogP contribution in [-0.4, -0.2) is 14.8 Å². The number of nitrogens with zero attached hydrogens (tertiary/aromatic N) is 3. The fourth-order valence-electron chi connectivity index (χ4n) is 3.29. The standard InChI is InChI=1S/C21H17FN4O/c1-13(23)19-10-14-4-2-7-18(15-8-9-24-25-12-15)20(14)21(27)26(19)17-6-3-5-16(22)11-17/h2-13H,23H2,1H3. The molecule has 1 atom stereocenters. The van der Waals surface area contributed by atoms with Crippen LogP contribution in [0.3, 0.4) is 0 Å². The number of benzene rings is 2. The Morgan fingerprint density at radius 3 is 2.59 bits per heavy atom. The molecule has 2 N–H and O–H groups in total. The van der Waals surface area contributed by atoms with Gasteiger partial charge in [-0.3, -0.25) is 9.36 Å². The Balaban J connectivity index is 2.12. The highest BCUT2D eigenvalue weighted by molar-refractivity contribution is 5.96. The van der Waals surface area contributed by atoms with Crippen molar-refractivity contribution in [3.63, 3.8) is 0 Å². The summed E-state index contributed by atoms with van der Waals surface area (Å²) in [5.74, 6) is -0.415. The number of rotatable bonds is 3. The third-order valence-corrected chi connectivity index (χ3v) is 4.50. The van der Waals surface area contributed by atoms with E-state index in [0.717, 1.165) is 16.5 Å². The van der Waals surface area contributed by atoms with Gasteiger partial charge in [0.1, 0.15) is 5.82 Å². The summed E-state index contributed by atoms with van der Waals surface area (Å²) in [4.78, 5) is 13.5. The summed E-state index contributed by atoms with van der Waals surface area (Å²) >= 11 is 0. The maximum absolute atomic E-state index is 13.8. The summed E-state index contributed by atoms with van der Waals surface area (Å²) in [6, 6.07) is 14.8. The molecule has 0 fully saturated rings. The Hall–Kier alpha value is -3.38. The molecular formula is C21H17FN4O. The van der Waals surface area contributed by atoms with Crippen molar-refractivity contribution in [2.45, 2.75) is 13.0 Å². The second-order valence-electron chi connectivity index (χ2n) is 6.38. The van der Waals surface area contributed by atoms with Crippen LogP contribution in [0.1, 0.15) is 18.7 Å². The van der Waals surface area contributed by atoms with Crippen molar-refractivity contribution < 1.29 is 4.39 Å². The fourth-order valence-corrected chi connectivity index (χ4v) is 3.29. The second kappa shape index (κ2) is 6.74. The van der Waals surface area contributed by atoms with Gasteiger partial charge in [-0.2, -0.15) is 10.2 Å². The SMILES string of the molecule is CC(N)c1cc2cccc(-c3ccnnc3)c2c(=O)n1-c1cccc(F)c1. The lowest BCUT2D eigenvalue weighted by atomic mass is 9.99. The van der Waals surface area contributed by atoms with Crippen molar-refractivity contribution in [1.82, 2.24) is 14.8 Å². The van der Waals surface area contributed by atoms with Crippen LogP contribution in [-0.2, 0) is 0 Å². The topological polar surface area (TPSA) is 73.8 Å². The summed E-state index contributed by atoms with van der Waals surface area (Å²) in [5, 5.41) is 9.00. The number of pyridine rings is 1. The molecule has 27 heavy (non-hydrogen) atoms. The number of fused-ring (bicyclic) bond motifs is 1. The molecule has 0 aliphatic heterocycles. The zero-order chi connectivity index (χ0) is 19.0. The van der Waals surface area contributed by atoms with Gasteiger partial charge in [0.15, 0.2) is 0 Å². The molecule has 4 rings (SSSR count). The predicted octanol–water partition coefficient (Wildman–Crippen LogP) is 3.61. The van der Waals surface area contributed by atoms with Crippen LogP contribution < -0.4 is 11.3 Å². The van der Waals surface area contributed by atoms with Gasteiger partial charge in [-0.05, 0) is 48.2 Å². The van der Waals surface area contributed by atoms with Crippen LogP contribution in [0.4, 0.5) is 4.39 Å². The molecular weight excluding hydrogens is 343 g/mol. The molecule has 0 bridgehead atoms. The smallest absolute Gasteiger partial charge is 0.263 e. The molecule has 0 saturated carbocycles. The van der Waals surface area contributed by atoms with Crippen molar-refractivity contribution in [3.8, 4) is 16.8 Å². The molecule has 2 heterocycles. The first-order valence-electron chi connectivity index (χ1n) is 8.53. The Morgan fingerprint density at radius 2 is 1.89 bits per heavy atom. The molecule has 134 valence electrons. The largest absolute Gasteiger partial charge is 0.323 e. The van der Waals surface area contributed by atoms with Gasteiger partial charge in [-0.1, -0.05) is 24.3 Å². The van der Waals surface area contributed by atoms with Gasteiger partial charge in [0.25, 0.3) is 5.56 Å². The quantitative estimate of drug-likeness (QED) is 0.606. The lowest BCUT2D eigenvalue weighted by Crippen LogP contribution is -2.26. The Kier molecular flexibility index (Phi) is 4.25. The Labute approximate surface area is 154 Å². The van der Waals surface area contributed by atoms with Gasteiger partial charge in [0.05, 0.1) is 23.5 Å². The summed E-state index contributed by atoms with van der Waals surface area (Å²) in [6.45, 7) is 1.80. The van der Waals surface area contributed by atoms with Gasteiger partial charge in [0.2, 0.25) is 0 Å². The number of halogens is 1. The first-order valence-corrected chi connectivity index (χ1v) is 8.53. The lowest BCUT2D eigenvalue weighted by Gasteiger charge is -2.18. The molecule has 0 amide bonds. The first-order chi connectivity index (χ1) is 13.1. The average molecular weight is 360 g/mol. The van der Waals surface area contributed by atoms with Crippen LogP contribution in [0, 0.1) is 5.82 Å². The maximum Gasteiger partial charge on any atom is 0.263 e. The van der Waals surface area contributed by atoms with Crippen LogP contribution >= 0.6 is 0 Å². The van der Waals surface area contributed by atoms with Gasteiger partial charge >= 0.3 is 0 Å². The minimum atomic E-state index is -0.415. The van der Waals surface area contributed by atoms with Crippen LogP contribution in [0.15, 0.2) is 71.8 Å². The number of hydrogen-bond donors (Lipinski definition) is 1. The highest BCUT2D eigenvalue weighted by atomic mass is 19.1. The molecule has 1 unspecified atom stereocenters. The van der Waals surface area contributed by atoms with Crippen molar-refractivity contribution in [1.29, 1.82) is 0 Å². The molecule has 0 spiro atoms. The van der Waals surface area contributed by atoms with Crippen LogP contribution in [0.25, 0.3) is 27.6 Å². The van der Waals surface area contributed by atoms with Gasteiger partial charge in [0, 0.05) is 17.3 Å². The predicted molar refractivity (Wildman–Crippen MR) is 103 cm³/mol. The molecule has 0 aliphatic carbocycles. The minimum absolute atomic E-state index is 0.252. The maximum atomic E-state index is 13.8. The van der Waals surface area contributed by atoms with E-state index >= 15 is 0 Å². The van der Waals surface area contributed by atoms with E-state index < -0.39 is 11.9 Å². The zero-order valence-electron chi connectivity index (χ0n) is 14.6. The minimum Gasteiger partial charge on any atom is -0.323 e. The van der Waals surface area contributed by atoms with Crippen molar-refractivity contribution >= 4 is 10.8 Å². The molecule has 2 aromatic heterocycles. The molecule has 4 aromatic rings. The Bertz CT molecular complexity index is 1190. The van der Waals surface area contributed by atoms with E-state index in [4.69, 9.17) is 5.73 Å². The van der Waals surface area contributed by atoms with Crippen molar-refractivity contribution in [2.75, 3.05) is 0 Å². The molecule has 0 radical (unpaired) electrons. The third kappa shape index (κ3) is 3.00. The Morgan fingerprint density at radius 1 is 1.07 bits per heavy atom. The normalized spacial score (nSPS) is 12.3. The van der Waals surface area contributed by atoms with Crippen molar-refractivity contribution in [2.24, 2.45) is 5.73 Å². The van der Waals surface area contributed by atoms with Crippen LogP contribution in [0.5, 0.6) is 0 Å². The van der Waals surface area contributed by atoms with Gasteiger partial charge < -0.3 is 5.73 Å². The zero-order valence-corrected chi connectivity index (χ0v) is 14.6. The number of nitrogens with two attached hydrogens (primary N) is 1. The fraction of sp³-hybridized carbons (Fsp3) is 0.0952. The third-order valence-electron chi connectivity index (χ3n) is 4.50. The van der Waals surface area contributed by atoms with Gasteiger partial charge in [-0.25, -0.2) is 4.39 Å². The van der Waals surface area contributed by atoms with E-state index in [2.05, 4.69) is 10.2 Å². The number of aromatic nitrogens is 3. The molecule has 5 nitrogen and oxygen atoms in total. The van der Waals surface area contributed by atoms with E-state index in [0.29, 0.717) is 16.8 Å². The van der Waals surface area contributed by atoms with Gasteiger partial charge in [-0.15, -0.1) is 0 Å². The van der Waals surface area contributed by atoms with E-state index in [-0.39, 0.29) is 5.56 Å². The average Bonchev–Trinajstić information content (AvgIpc) is 2.68. The van der Waals surface area contributed by atoms with E-state index in [1.54, 1.807) is 37.5 Å². The molecule has 6 heteroatoms. The summed E-state index contributed by atoms with van der Waals surface area (Å²) < 4.78 is 15.3. The summed E-state index contributed by atoms with van der Waals surface area (Å²) in [7, 11) is 0. The summed E-state index contributed by atoms with van der Waals surface area (Å²) in [5.41, 5.74) is 8.46. The van der Waals surface area contributed by atoms with Crippen molar-refractivity contribution in [3.05, 3.63) is 88.9 Å². The molecule has 2 aromatic carbocycles. The number of hydrogen-bond acceptors (Lipinski definition) is 4. The molecule has 0 saturated heterocycles. The highest BCUT2D eigenvalue weighted by Gasteiger charge is 2.17. The van der Waals surface area contributed by atoms with E-state index in [1.807, 2.05) is 24.3 Å². The first kappa shape index (κ1) is 17.1. The highest BCUT2D eigenvalue weighted by Crippen LogP contribution is 2.28.